The van der Waals surface area contributed by atoms with E-state index in [-0.39, 0.29) is 0 Å². The minimum absolute atomic E-state index is 0.908. The zero-order chi connectivity index (χ0) is 10.5. The lowest BCUT2D eigenvalue weighted by Gasteiger charge is -2.44. The van der Waals surface area contributed by atoms with Gasteiger partial charge in [0.2, 0.25) is 0 Å². The first-order valence-electron chi connectivity index (χ1n) is 6.59. The maximum atomic E-state index is 5.31. The molecular weight excluding hydrogens is 182 g/mol. The molecule has 0 amide bonds. The molecule has 1 nitrogen and oxygen atoms in total. The summed E-state index contributed by atoms with van der Waals surface area (Å²) in [5, 5.41) is 0. The number of hydrogen-bond donors (Lipinski definition) is 0. The van der Waals surface area contributed by atoms with Crippen LogP contribution < -0.4 is 0 Å². The summed E-state index contributed by atoms with van der Waals surface area (Å²) in [6.45, 7) is 2.57. The highest BCUT2D eigenvalue weighted by atomic mass is 15.2. The average Bonchev–Trinajstić information content (AvgIpc) is 2.30. The van der Waals surface area contributed by atoms with Gasteiger partial charge in [0.25, 0.3) is 0 Å². The lowest BCUT2D eigenvalue weighted by molar-refractivity contribution is 0.0604. The Balaban J connectivity index is 1.84. The quantitative estimate of drug-likeness (QED) is 0.505. The van der Waals surface area contributed by atoms with Crippen LogP contribution in [0.3, 0.4) is 0 Å². The number of nitrogens with zero attached hydrogens (tertiary/aromatic N) is 1. The molecule has 2 rings (SSSR count). The highest BCUT2D eigenvalue weighted by Crippen LogP contribution is 2.35. The summed E-state index contributed by atoms with van der Waals surface area (Å²) < 4.78 is 0. The van der Waals surface area contributed by atoms with E-state index in [1.54, 1.807) is 0 Å². The first-order chi connectivity index (χ1) is 7.42. The Bertz CT molecular complexity index is 226. The second-order valence-electron chi connectivity index (χ2n) is 5.10. The summed E-state index contributed by atoms with van der Waals surface area (Å²) in [5.74, 6) is 3.76. The maximum absolute atomic E-state index is 5.31. The van der Waals surface area contributed by atoms with Gasteiger partial charge in [-0.2, -0.15) is 0 Å². The van der Waals surface area contributed by atoms with Gasteiger partial charge in [0.15, 0.2) is 0 Å². The SMILES string of the molecule is C#CCCCN1CCC[C@H]2CCCC[C@H]21. The molecule has 0 bridgehead atoms. The fraction of sp³-hybridized carbons (Fsp3) is 0.857. The van der Waals surface area contributed by atoms with Gasteiger partial charge in [-0.3, -0.25) is 0 Å². The van der Waals surface area contributed by atoms with Gasteiger partial charge < -0.3 is 4.90 Å². The van der Waals surface area contributed by atoms with Crippen molar-refractivity contribution in [2.45, 2.75) is 57.4 Å². The first-order valence-corrected chi connectivity index (χ1v) is 6.59. The zero-order valence-electron chi connectivity index (χ0n) is 9.75. The number of terminal acetylenes is 1. The lowest BCUT2D eigenvalue weighted by Crippen LogP contribution is -2.46. The molecular formula is C14H23N. The third kappa shape index (κ3) is 2.75. The molecule has 2 fully saturated rings. The van der Waals surface area contributed by atoms with Crippen LogP contribution in [0.4, 0.5) is 0 Å². The number of rotatable bonds is 3. The number of piperidine rings is 1. The third-order valence-electron chi connectivity index (χ3n) is 4.12. The molecule has 0 N–H and O–H groups in total. The van der Waals surface area contributed by atoms with Gasteiger partial charge in [-0.1, -0.05) is 12.8 Å². The monoisotopic (exact) mass is 205 g/mol. The average molecular weight is 205 g/mol. The summed E-state index contributed by atoms with van der Waals surface area (Å²) in [5.41, 5.74) is 0. The van der Waals surface area contributed by atoms with Crippen LogP contribution in [0.2, 0.25) is 0 Å². The summed E-state index contributed by atoms with van der Waals surface area (Å²) in [6, 6.07) is 0.908. The predicted octanol–water partition coefficient (Wildman–Crippen LogP) is 3.05. The van der Waals surface area contributed by atoms with Crippen LogP contribution >= 0.6 is 0 Å². The minimum atomic E-state index is 0.908. The van der Waals surface area contributed by atoms with E-state index >= 15 is 0 Å². The summed E-state index contributed by atoms with van der Waals surface area (Å²) >= 11 is 0. The molecule has 2 aliphatic rings. The van der Waals surface area contributed by atoms with Crippen LogP contribution in [0, 0.1) is 18.3 Å². The van der Waals surface area contributed by atoms with Gasteiger partial charge >= 0.3 is 0 Å². The molecule has 1 saturated heterocycles. The number of hydrogen-bond acceptors (Lipinski definition) is 1. The zero-order valence-corrected chi connectivity index (χ0v) is 9.75. The van der Waals surface area contributed by atoms with Crippen molar-refractivity contribution in [3.8, 4) is 12.3 Å². The predicted molar refractivity (Wildman–Crippen MR) is 64.6 cm³/mol. The molecule has 84 valence electrons. The Morgan fingerprint density at radius 2 is 1.93 bits per heavy atom. The molecule has 0 unspecified atom stereocenters. The molecule has 0 aromatic heterocycles. The van der Waals surface area contributed by atoms with Crippen LogP contribution in [0.15, 0.2) is 0 Å². The molecule has 1 saturated carbocycles. The Kier molecular flexibility index (Phi) is 4.09. The van der Waals surface area contributed by atoms with Crippen molar-refractivity contribution in [2.75, 3.05) is 13.1 Å². The standard InChI is InChI=1S/C14H23N/c1-2-3-6-11-15-12-7-9-13-8-4-5-10-14(13)15/h1,13-14H,3-12H2/t13-,14-/m1/s1. The van der Waals surface area contributed by atoms with Crippen LogP contribution in [-0.4, -0.2) is 24.0 Å². The van der Waals surface area contributed by atoms with Crippen molar-refractivity contribution in [1.82, 2.24) is 4.90 Å². The van der Waals surface area contributed by atoms with Gasteiger partial charge in [-0.05, 0) is 51.1 Å². The largest absolute Gasteiger partial charge is 0.300 e. The molecule has 0 aromatic carbocycles. The molecule has 0 spiro atoms. The van der Waals surface area contributed by atoms with Crippen molar-refractivity contribution in [1.29, 1.82) is 0 Å². The van der Waals surface area contributed by atoms with Gasteiger partial charge in [0, 0.05) is 12.5 Å². The van der Waals surface area contributed by atoms with Gasteiger partial charge in [-0.25, -0.2) is 0 Å². The summed E-state index contributed by atoms with van der Waals surface area (Å²) in [7, 11) is 0. The van der Waals surface area contributed by atoms with E-state index in [1.807, 2.05) is 0 Å². The molecule has 1 aliphatic heterocycles. The molecule has 15 heavy (non-hydrogen) atoms. The molecule has 1 heterocycles. The Labute approximate surface area is 94.2 Å². The topological polar surface area (TPSA) is 3.24 Å². The van der Waals surface area contributed by atoms with Crippen LogP contribution in [0.5, 0.6) is 0 Å². The van der Waals surface area contributed by atoms with Crippen molar-refractivity contribution in [2.24, 2.45) is 5.92 Å². The van der Waals surface area contributed by atoms with E-state index in [0.29, 0.717) is 0 Å². The molecule has 0 aromatic rings. The highest BCUT2D eigenvalue weighted by Gasteiger charge is 2.32. The smallest absolute Gasteiger partial charge is 0.0123 e. The van der Waals surface area contributed by atoms with E-state index in [9.17, 15) is 0 Å². The Hall–Kier alpha value is -0.480. The van der Waals surface area contributed by atoms with Crippen LogP contribution in [-0.2, 0) is 0 Å². The summed E-state index contributed by atoms with van der Waals surface area (Å²) in [6.07, 6.45) is 16.2. The Morgan fingerprint density at radius 3 is 2.80 bits per heavy atom. The van der Waals surface area contributed by atoms with Crippen molar-refractivity contribution in [3.63, 3.8) is 0 Å². The molecule has 0 radical (unpaired) electrons. The molecule has 1 aliphatic carbocycles. The number of unbranched alkanes of at least 4 members (excludes halogenated alkanes) is 1. The van der Waals surface area contributed by atoms with Crippen molar-refractivity contribution in [3.05, 3.63) is 0 Å². The normalized spacial score (nSPS) is 31.9. The van der Waals surface area contributed by atoms with Crippen molar-refractivity contribution < 1.29 is 0 Å². The minimum Gasteiger partial charge on any atom is -0.300 e. The van der Waals surface area contributed by atoms with E-state index in [4.69, 9.17) is 6.42 Å². The maximum Gasteiger partial charge on any atom is 0.0123 e. The number of fused-ring (bicyclic) bond motifs is 1. The Morgan fingerprint density at radius 1 is 1.13 bits per heavy atom. The molecule has 2 atom stereocenters. The van der Waals surface area contributed by atoms with Crippen LogP contribution in [0.25, 0.3) is 0 Å². The van der Waals surface area contributed by atoms with Gasteiger partial charge in [0.1, 0.15) is 0 Å². The highest BCUT2D eigenvalue weighted by molar-refractivity contribution is 4.88. The lowest BCUT2D eigenvalue weighted by atomic mass is 9.78. The second-order valence-corrected chi connectivity index (χ2v) is 5.10. The van der Waals surface area contributed by atoms with E-state index in [0.717, 1.165) is 18.4 Å². The van der Waals surface area contributed by atoms with Crippen molar-refractivity contribution >= 4 is 0 Å². The fourth-order valence-corrected chi connectivity index (χ4v) is 3.39. The third-order valence-corrected chi connectivity index (χ3v) is 4.12. The van der Waals surface area contributed by atoms with Gasteiger partial charge in [-0.15, -0.1) is 12.3 Å². The van der Waals surface area contributed by atoms with E-state index < -0.39 is 0 Å². The second kappa shape index (κ2) is 5.56. The van der Waals surface area contributed by atoms with Crippen LogP contribution in [0.1, 0.15) is 51.4 Å². The van der Waals surface area contributed by atoms with Gasteiger partial charge in [0.05, 0.1) is 0 Å². The van der Waals surface area contributed by atoms with E-state index in [2.05, 4.69) is 10.8 Å². The first kappa shape index (κ1) is 11.0. The molecule has 1 heteroatoms. The van der Waals surface area contributed by atoms with E-state index in [1.165, 1.54) is 58.0 Å². The fourth-order valence-electron chi connectivity index (χ4n) is 3.39. The number of likely N-dealkylation sites (tertiary alicyclic amines) is 1. The summed E-state index contributed by atoms with van der Waals surface area (Å²) in [4.78, 5) is 2.73.